The van der Waals surface area contributed by atoms with E-state index in [0.717, 1.165) is 6.42 Å². The van der Waals surface area contributed by atoms with Crippen molar-refractivity contribution in [3.8, 4) is 0 Å². The fourth-order valence-corrected chi connectivity index (χ4v) is 2.85. The van der Waals surface area contributed by atoms with Crippen molar-refractivity contribution < 1.29 is 9.53 Å². The maximum atomic E-state index is 12.2. The van der Waals surface area contributed by atoms with E-state index in [2.05, 4.69) is 41.5 Å². The zero-order valence-corrected chi connectivity index (χ0v) is 13.4. The first-order valence-electron chi connectivity index (χ1n) is 7.80. The number of carbonyl (C=O) groups is 1. The molecule has 1 amide bonds. The highest BCUT2D eigenvalue weighted by molar-refractivity contribution is 5.94. The van der Waals surface area contributed by atoms with Crippen LogP contribution < -0.4 is 5.32 Å². The molecule has 1 aliphatic carbocycles. The summed E-state index contributed by atoms with van der Waals surface area (Å²) in [6, 6.07) is 11.9. The molecule has 1 aromatic carbocycles. The molecule has 5 heteroatoms. The van der Waals surface area contributed by atoms with Crippen molar-refractivity contribution >= 4 is 5.91 Å². The van der Waals surface area contributed by atoms with Gasteiger partial charge in [0.05, 0.1) is 30.7 Å². The number of hydrogen-bond acceptors (Lipinski definition) is 4. The number of nitrogens with zero attached hydrogens (tertiary/aromatic N) is 2. The number of nitrogens with one attached hydrogen (secondary N) is 1. The van der Waals surface area contributed by atoms with E-state index < -0.39 is 0 Å². The Bertz CT molecular complexity index is 658. The van der Waals surface area contributed by atoms with Gasteiger partial charge in [-0.2, -0.15) is 10.2 Å². The second kappa shape index (κ2) is 6.46. The summed E-state index contributed by atoms with van der Waals surface area (Å²) >= 11 is 0. The van der Waals surface area contributed by atoms with Crippen molar-refractivity contribution in [2.45, 2.75) is 39.0 Å². The highest BCUT2D eigenvalue weighted by Gasteiger charge is 2.49. The van der Waals surface area contributed by atoms with Crippen LogP contribution in [0.15, 0.2) is 48.8 Å². The quantitative estimate of drug-likeness (QED) is 0.922. The van der Waals surface area contributed by atoms with Crippen LogP contribution in [-0.2, 0) is 11.3 Å². The Morgan fingerprint density at radius 2 is 2.04 bits per heavy atom. The standard InChI is InChI=1S/C18H21N3O2/c1-18(2)15(21-17(22)14-8-9-19-20-11-14)10-16(18)23-12-13-6-4-3-5-7-13/h3-9,11,15-16H,10,12H2,1-2H3,(H,21,22). The lowest BCUT2D eigenvalue weighted by molar-refractivity contribution is -0.122. The summed E-state index contributed by atoms with van der Waals surface area (Å²) in [5.41, 5.74) is 1.60. The number of ether oxygens (including phenoxy) is 1. The molecule has 1 aliphatic rings. The highest BCUT2D eigenvalue weighted by Crippen LogP contribution is 2.43. The van der Waals surface area contributed by atoms with Crippen molar-refractivity contribution in [3.63, 3.8) is 0 Å². The molecule has 0 bridgehead atoms. The highest BCUT2D eigenvalue weighted by atomic mass is 16.5. The van der Waals surface area contributed by atoms with Crippen LogP contribution in [0.2, 0.25) is 0 Å². The Kier molecular flexibility index (Phi) is 4.39. The first-order valence-corrected chi connectivity index (χ1v) is 7.80. The van der Waals surface area contributed by atoms with Gasteiger partial charge in [-0.05, 0) is 18.1 Å². The molecule has 5 nitrogen and oxygen atoms in total. The first kappa shape index (κ1) is 15.6. The van der Waals surface area contributed by atoms with Crippen LogP contribution in [0.3, 0.4) is 0 Å². The minimum Gasteiger partial charge on any atom is -0.373 e. The summed E-state index contributed by atoms with van der Waals surface area (Å²) in [6.07, 6.45) is 3.96. The van der Waals surface area contributed by atoms with E-state index in [1.807, 2.05) is 18.2 Å². The van der Waals surface area contributed by atoms with Crippen molar-refractivity contribution in [1.82, 2.24) is 15.5 Å². The lowest BCUT2D eigenvalue weighted by Crippen LogP contribution is -2.62. The number of amides is 1. The van der Waals surface area contributed by atoms with Crippen LogP contribution in [0.4, 0.5) is 0 Å². The number of rotatable bonds is 5. The maximum absolute atomic E-state index is 12.2. The number of benzene rings is 1. The first-order chi connectivity index (χ1) is 11.1. The molecule has 1 saturated carbocycles. The molecule has 0 aliphatic heterocycles. The van der Waals surface area contributed by atoms with Gasteiger partial charge in [0.15, 0.2) is 0 Å². The second-order valence-corrected chi connectivity index (χ2v) is 6.50. The average molecular weight is 311 g/mol. The van der Waals surface area contributed by atoms with Crippen LogP contribution >= 0.6 is 0 Å². The SMILES string of the molecule is CC1(C)C(NC(=O)c2ccnnc2)CC1OCc1ccccc1. The molecule has 0 saturated heterocycles. The molecule has 23 heavy (non-hydrogen) atoms. The van der Waals surface area contributed by atoms with Crippen molar-refractivity contribution in [3.05, 3.63) is 59.9 Å². The molecule has 0 radical (unpaired) electrons. The number of carbonyl (C=O) groups excluding carboxylic acids is 1. The third kappa shape index (κ3) is 3.40. The number of aromatic nitrogens is 2. The maximum Gasteiger partial charge on any atom is 0.253 e. The van der Waals surface area contributed by atoms with E-state index in [-0.39, 0.29) is 23.5 Å². The van der Waals surface area contributed by atoms with E-state index in [1.54, 1.807) is 6.07 Å². The molecule has 2 aromatic rings. The molecule has 3 rings (SSSR count). The van der Waals surface area contributed by atoms with Gasteiger partial charge in [0.1, 0.15) is 0 Å². The zero-order valence-electron chi connectivity index (χ0n) is 13.4. The van der Waals surface area contributed by atoms with Crippen LogP contribution in [0.25, 0.3) is 0 Å². The lowest BCUT2D eigenvalue weighted by Gasteiger charge is -2.51. The summed E-state index contributed by atoms with van der Waals surface area (Å²) in [7, 11) is 0. The molecule has 0 spiro atoms. The van der Waals surface area contributed by atoms with E-state index in [0.29, 0.717) is 12.2 Å². The Labute approximate surface area is 136 Å². The minimum absolute atomic E-state index is 0.0924. The molecule has 1 aromatic heterocycles. The lowest BCUT2D eigenvalue weighted by atomic mass is 9.64. The number of hydrogen-bond donors (Lipinski definition) is 1. The molecular weight excluding hydrogens is 290 g/mol. The van der Waals surface area contributed by atoms with E-state index >= 15 is 0 Å². The monoisotopic (exact) mass is 311 g/mol. The van der Waals surface area contributed by atoms with Crippen LogP contribution in [0.5, 0.6) is 0 Å². The van der Waals surface area contributed by atoms with Gasteiger partial charge in [-0.25, -0.2) is 0 Å². The van der Waals surface area contributed by atoms with Gasteiger partial charge >= 0.3 is 0 Å². The predicted octanol–water partition coefficient (Wildman–Crippen LogP) is 2.59. The fraction of sp³-hybridized carbons (Fsp3) is 0.389. The fourth-order valence-electron chi connectivity index (χ4n) is 2.85. The van der Waals surface area contributed by atoms with Gasteiger partial charge in [0.2, 0.25) is 0 Å². The molecule has 2 atom stereocenters. The molecule has 2 unspecified atom stereocenters. The van der Waals surface area contributed by atoms with Crippen molar-refractivity contribution in [2.24, 2.45) is 5.41 Å². The molecular formula is C18H21N3O2. The molecule has 1 heterocycles. The predicted molar refractivity (Wildman–Crippen MR) is 86.7 cm³/mol. The molecule has 120 valence electrons. The van der Waals surface area contributed by atoms with Crippen LogP contribution in [-0.4, -0.2) is 28.3 Å². The summed E-state index contributed by atoms with van der Waals surface area (Å²) < 4.78 is 6.02. The molecule has 1 N–H and O–H groups in total. The van der Waals surface area contributed by atoms with Gasteiger partial charge in [-0.1, -0.05) is 44.2 Å². The third-order valence-electron chi connectivity index (χ3n) is 4.62. The zero-order chi connectivity index (χ0) is 16.3. The van der Waals surface area contributed by atoms with Crippen LogP contribution in [0.1, 0.15) is 36.2 Å². The topological polar surface area (TPSA) is 64.1 Å². The van der Waals surface area contributed by atoms with Crippen molar-refractivity contribution in [2.75, 3.05) is 0 Å². The Balaban J connectivity index is 1.53. The van der Waals surface area contributed by atoms with E-state index in [9.17, 15) is 4.79 Å². The average Bonchev–Trinajstić information content (AvgIpc) is 2.59. The van der Waals surface area contributed by atoms with Gasteiger partial charge in [0.25, 0.3) is 5.91 Å². The molecule has 1 fully saturated rings. The third-order valence-corrected chi connectivity index (χ3v) is 4.62. The Morgan fingerprint density at radius 3 is 2.70 bits per heavy atom. The Morgan fingerprint density at radius 1 is 1.26 bits per heavy atom. The summed E-state index contributed by atoms with van der Waals surface area (Å²) in [4.78, 5) is 12.2. The summed E-state index contributed by atoms with van der Waals surface area (Å²) in [5.74, 6) is -0.112. The second-order valence-electron chi connectivity index (χ2n) is 6.50. The Hall–Kier alpha value is -2.27. The summed E-state index contributed by atoms with van der Waals surface area (Å²) in [6.45, 7) is 4.85. The van der Waals surface area contributed by atoms with E-state index in [1.165, 1.54) is 18.0 Å². The van der Waals surface area contributed by atoms with Gasteiger partial charge in [-0.3, -0.25) is 4.79 Å². The smallest absolute Gasteiger partial charge is 0.253 e. The van der Waals surface area contributed by atoms with Gasteiger partial charge < -0.3 is 10.1 Å². The summed E-state index contributed by atoms with van der Waals surface area (Å²) in [5, 5.41) is 10.5. The minimum atomic E-state index is -0.112. The van der Waals surface area contributed by atoms with E-state index in [4.69, 9.17) is 4.74 Å². The van der Waals surface area contributed by atoms with Crippen molar-refractivity contribution in [1.29, 1.82) is 0 Å². The van der Waals surface area contributed by atoms with Crippen LogP contribution in [0, 0.1) is 5.41 Å². The normalized spacial score (nSPS) is 22.2. The largest absolute Gasteiger partial charge is 0.373 e. The van der Waals surface area contributed by atoms with Gasteiger partial charge in [0, 0.05) is 11.5 Å². The van der Waals surface area contributed by atoms with Gasteiger partial charge in [-0.15, -0.1) is 0 Å².